The maximum atomic E-state index is 5.72. The zero-order valence-electron chi connectivity index (χ0n) is 4.25. The predicted octanol–water partition coefficient (Wildman–Crippen LogP) is 2.59. The summed E-state index contributed by atoms with van der Waals surface area (Å²) in [7, 11) is 0. The number of halogens is 2. The molecule has 0 aromatic rings. The molecule has 0 aromatic carbocycles. The van der Waals surface area contributed by atoms with Crippen molar-refractivity contribution in [2.24, 2.45) is 5.92 Å². The number of rotatable bonds is 0. The van der Waals surface area contributed by atoms with Crippen LogP contribution >= 0.6 is 23.2 Å². The van der Waals surface area contributed by atoms with Crippen LogP contribution in [0.2, 0.25) is 0 Å². The molecule has 1 aliphatic rings. The van der Waals surface area contributed by atoms with Gasteiger partial charge < -0.3 is 0 Å². The molecule has 0 radical (unpaired) electrons. The van der Waals surface area contributed by atoms with Crippen molar-refractivity contribution in [2.75, 3.05) is 0 Å². The number of hydrogen-bond acceptors (Lipinski definition) is 0. The SMILES string of the molecule is CC1CCC1(Cl)Cl. The van der Waals surface area contributed by atoms with Crippen molar-refractivity contribution in [1.82, 2.24) is 0 Å². The van der Waals surface area contributed by atoms with E-state index in [1.54, 1.807) is 0 Å². The van der Waals surface area contributed by atoms with E-state index in [9.17, 15) is 0 Å². The van der Waals surface area contributed by atoms with E-state index in [2.05, 4.69) is 6.92 Å². The quantitative estimate of drug-likeness (QED) is 0.452. The van der Waals surface area contributed by atoms with E-state index in [4.69, 9.17) is 23.2 Å². The highest BCUT2D eigenvalue weighted by Crippen LogP contribution is 2.46. The lowest BCUT2D eigenvalue weighted by Crippen LogP contribution is -2.33. The predicted molar refractivity (Wildman–Crippen MR) is 32.8 cm³/mol. The van der Waals surface area contributed by atoms with Crippen molar-refractivity contribution in [2.45, 2.75) is 24.1 Å². The van der Waals surface area contributed by atoms with Crippen LogP contribution in [0.4, 0.5) is 0 Å². The highest BCUT2D eigenvalue weighted by atomic mass is 35.5. The van der Waals surface area contributed by atoms with Gasteiger partial charge in [0, 0.05) is 0 Å². The first kappa shape index (κ1) is 5.71. The fourth-order valence-electron chi connectivity index (χ4n) is 0.651. The van der Waals surface area contributed by atoms with Crippen LogP contribution < -0.4 is 0 Å². The summed E-state index contributed by atoms with van der Waals surface area (Å²) in [4.78, 5) is 0. The lowest BCUT2D eigenvalue weighted by molar-refractivity contribution is 0.317. The summed E-state index contributed by atoms with van der Waals surface area (Å²) in [6, 6.07) is 0. The van der Waals surface area contributed by atoms with Crippen LogP contribution in [0.5, 0.6) is 0 Å². The fraction of sp³-hybridized carbons (Fsp3) is 1.00. The minimum Gasteiger partial charge on any atom is -0.101 e. The first-order valence-electron chi connectivity index (χ1n) is 2.51. The van der Waals surface area contributed by atoms with Gasteiger partial charge in [-0.15, -0.1) is 23.2 Å². The fourth-order valence-corrected chi connectivity index (χ4v) is 1.09. The molecule has 0 aliphatic heterocycles. The van der Waals surface area contributed by atoms with Crippen LogP contribution in [-0.2, 0) is 0 Å². The molecule has 7 heavy (non-hydrogen) atoms. The summed E-state index contributed by atoms with van der Waals surface area (Å²) in [6.45, 7) is 2.07. The monoisotopic (exact) mass is 138 g/mol. The maximum absolute atomic E-state index is 5.72. The highest BCUT2D eigenvalue weighted by molar-refractivity contribution is 6.49. The van der Waals surface area contributed by atoms with Crippen LogP contribution in [-0.4, -0.2) is 4.33 Å². The lowest BCUT2D eigenvalue weighted by Gasteiger charge is -2.36. The van der Waals surface area contributed by atoms with Crippen LogP contribution in [0.15, 0.2) is 0 Å². The molecule has 1 rings (SSSR count). The second-order valence-corrected chi connectivity index (χ2v) is 3.74. The molecular formula is C5H8Cl2. The largest absolute Gasteiger partial charge is 0.120 e. The van der Waals surface area contributed by atoms with E-state index in [0.717, 1.165) is 6.42 Å². The Kier molecular flexibility index (Phi) is 1.25. The molecule has 0 heterocycles. The molecule has 42 valence electrons. The Hall–Kier alpha value is 0.580. The van der Waals surface area contributed by atoms with E-state index < -0.39 is 0 Å². The van der Waals surface area contributed by atoms with Crippen molar-refractivity contribution >= 4 is 23.2 Å². The maximum Gasteiger partial charge on any atom is 0.120 e. The smallest absolute Gasteiger partial charge is 0.101 e. The van der Waals surface area contributed by atoms with E-state index in [1.165, 1.54) is 6.42 Å². The second kappa shape index (κ2) is 1.53. The van der Waals surface area contributed by atoms with Gasteiger partial charge in [0.15, 0.2) is 0 Å². The van der Waals surface area contributed by atoms with Gasteiger partial charge in [0.05, 0.1) is 0 Å². The van der Waals surface area contributed by atoms with Crippen molar-refractivity contribution < 1.29 is 0 Å². The van der Waals surface area contributed by atoms with Crippen molar-refractivity contribution in [3.63, 3.8) is 0 Å². The Morgan fingerprint density at radius 3 is 2.00 bits per heavy atom. The van der Waals surface area contributed by atoms with Crippen LogP contribution in [0, 0.1) is 5.92 Å². The van der Waals surface area contributed by atoms with Gasteiger partial charge >= 0.3 is 0 Å². The van der Waals surface area contributed by atoms with Gasteiger partial charge in [-0.3, -0.25) is 0 Å². The third kappa shape index (κ3) is 0.872. The van der Waals surface area contributed by atoms with Gasteiger partial charge in [-0.1, -0.05) is 6.92 Å². The van der Waals surface area contributed by atoms with Crippen LogP contribution in [0.1, 0.15) is 19.8 Å². The molecular weight excluding hydrogens is 131 g/mol. The topological polar surface area (TPSA) is 0 Å². The molecule has 0 spiro atoms. The zero-order chi connectivity index (χ0) is 5.49. The normalized spacial score (nSPS) is 37.3. The van der Waals surface area contributed by atoms with Crippen molar-refractivity contribution in [3.05, 3.63) is 0 Å². The molecule has 0 aromatic heterocycles. The molecule has 0 saturated heterocycles. The summed E-state index contributed by atoms with van der Waals surface area (Å²) < 4.78 is -0.375. The summed E-state index contributed by atoms with van der Waals surface area (Å²) in [5.41, 5.74) is 0. The van der Waals surface area contributed by atoms with Gasteiger partial charge in [0.2, 0.25) is 0 Å². The highest BCUT2D eigenvalue weighted by Gasteiger charge is 2.39. The Bertz CT molecular complexity index is 78.1. The summed E-state index contributed by atoms with van der Waals surface area (Å²) >= 11 is 11.4. The average molecular weight is 139 g/mol. The van der Waals surface area contributed by atoms with E-state index in [-0.39, 0.29) is 4.33 Å². The first-order valence-corrected chi connectivity index (χ1v) is 3.26. The molecule has 1 saturated carbocycles. The van der Waals surface area contributed by atoms with Crippen LogP contribution in [0.25, 0.3) is 0 Å². The van der Waals surface area contributed by atoms with Gasteiger partial charge in [0.1, 0.15) is 4.33 Å². The Labute approximate surface area is 53.8 Å². The van der Waals surface area contributed by atoms with Gasteiger partial charge in [-0.05, 0) is 18.8 Å². The van der Waals surface area contributed by atoms with Crippen molar-refractivity contribution in [3.8, 4) is 0 Å². The van der Waals surface area contributed by atoms with Gasteiger partial charge in [-0.2, -0.15) is 0 Å². The van der Waals surface area contributed by atoms with Crippen LogP contribution in [0.3, 0.4) is 0 Å². The Balaban J connectivity index is 2.43. The summed E-state index contributed by atoms with van der Waals surface area (Å²) in [5, 5.41) is 0. The van der Waals surface area contributed by atoms with E-state index in [1.807, 2.05) is 0 Å². The van der Waals surface area contributed by atoms with Gasteiger partial charge in [0.25, 0.3) is 0 Å². The molecule has 0 N–H and O–H groups in total. The lowest BCUT2D eigenvalue weighted by atomic mass is 9.86. The molecule has 0 nitrogen and oxygen atoms in total. The third-order valence-corrected chi connectivity index (χ3v) is 2.75. The Morgan fingerprint density at radius 2 is 2.00 bits per heavy atom. The molecule has 1 atom stereocenters. The minimum absolute atomic E-state index is 0.375. The molecule has 1 fully saturated rings. The molecule has 1 unspecified atom stereocenters. The van der Waals surface area contributed by atoms with E-state index in [0.29, 0.717) is 5.92 Å². The van der Waals surface area contributed by atoms with Gasteiger partial charge in [-0.25, -0.2) is 0 Å². The minimum atomic E-state index is -0.375. The second-order valence-electron chi connectivity index (χ2n) is 2.20. The number of alkyl halides is 2. The number of hydrogen-bond donors (Lipinski definition) is 0. The van der Waals surface area contributed by atoms with E-state index >= 15 is 0 Å². The standard InChI is InChI=1S/C5H8Cl2/c1-4-2-3-5(4,6)7/h4H,2-3H2,1H3. The third-order valence-electron chi connectivity index (χ3n) is 1.63. The average Bonchev–Trinajstić information content (AvgIpc) is 1.63. The molecule has 2 heteroatoms. The molecule has 0 amide bonds. The van der Waals surface area contributed by atoms with Crippen molar-refractivity contribution in [1.29, 1.82) is 0 Å². The zero-order valence-corrected chi connectivity index (χ0v) is 5.76. The first-order chi connectivity index (χ1) is 3.13. The Morgan fingerprint density at radius 1 is 1.57 bits per heavy atom. The molecule has 1 aliphatic carbocycles. The summed E-state index contributed by atoms with van der Waals surface area (Å²) in [5.74, 6) is 0.510. The summed E-state index contributed by atoms with van der Waals surface area (Å²) in [6.07, 6.45) is 2.16. The molecule has 0 bridgehead atoms.